The number of allylic oxidation sites excluding steroid dienone is 1. The molecule has 0 aliphatic carbocycles. The molecule has 0 saturated heterocycles. The molecule has 4 rings (SSSR count). The van der Waals surface area contributed by atoms with Crippen molar-refractivity contribution in [3.05, 3.63) is 75.3 Å². The van der Waals surface area contributed by atoms with Crippen molar-refractivity contribution in [1.29, 1.82) is 0 Å². The molecular weight excluding hydrogens is 320 g/mol. The van der Waals surface area contributed by atoms with Gasteiger partial charge in [-0.25, -0.2) is 0 Å². The quantitative estimate of drug-likeness (QED) is 0.641. The van der Waals surface area contributed by atoms with E-state index in [1.54, 1.807) is 0 Å². The highest BCUT2D eigenvalue weighted by atomic mass is 35.5. The van der Waals surface area contributed by atoms with E-state index in [0.717, 1.165) is 53.3 Å². The molecule has 0 fully saturated rings. The van der Waals surface area contributed by atoms with Crippen LogP contribution in [0.15, 0.2) is 53.3 Å². The molecule has 1 aromatic heterocycles. The molecule has 0 N–H and O–H groups in total. The van der Waals surface area contributed by atoms with Crippen LogP contribution >= 0.6 is 11.6 Å². The summed E-state index contributed by atoms with van der Waals surface area (Å²) in [5.74, 6) is 0.797. The van der Waals surface area contributed by atoms with Gasteiger partial charge in [0.15, 0.2) is 0 Å². The zero-order valence-electron chi connectivity index (χ0n) is 13.2. The normalized spacial score (nSPS) is 16.1. The second kappa shape index (κ2) is 6.25. The molecule has 1 aliphatic rings. The first kappa shape index (κ1) is 15.2. The molecule has 0 amide bonds. The molecule has 3 nitrogen and oxygen atoms in total. The number of nitrogens with zero attached hydrogens (tertiary/aromatic N) is 2. The van der Waals surface area contributed by atoms with E-state index in [0.29, 0.717) is 5.39 Å². The number of halogens is 1. The van der Waals surface area contributed by atoms with Gasteiger partial charge in [0.1, 0.15) is 5.82 Å². The Morgan fingerprint density at radius 1 is 1.04 bits per heavy atom. The average molecular weight is 337 g/mol. The van der Waals surface area contributed by atoms with Gasteiger partial charge in [-0.15, -0.1) is 0 Å². The third-order valence-electron chi connectivity index (χ3n) is 4.46. The predicted octanol–water partition coefficient (Wildman–Crippen LogP) is 4.77. The van der Waals surface area contributed by atoms with Crippen LogP contribution in [-0.4, -0.2) is 9.55 Å². The van der Waals surface area contributed by atoms with E-state index >= 15 is 0 Å². The summed E-state index contributed by atoms with van der Waals surface area (Å²) in [4.78, 5) is 16.8. The maximum absolute atomic E-state index is 12.4. The van der Waals surface area contributed by atoms with Gasteiger partial charge in [0, 0.05) is 11.6 Å². The lowest BCUT2D eigenvalue weighted by Crippen LogP contribution is -2.17. The predicted molar refractivity (Wildman–Crippen MR) is 99.2 cm³/mol. The molecule has 120 valence electrons. The number of aryl methyl sites for hydroxylation is 1. The van der Waals surface area contributed by atoms with Crippen molar-refractivity contribution < 1.29 is 0 Å². The Balaban J connectivity index is 1.93. The van der Waals surface area contributed by atoms with Crippen LogP contribution in [0, 0.1) is 0 Å². The van der Waals surface area contributed by atoms with Crippen LogP contribution in [0.3, 0.4) is 0 Å². The lowest BCUT2D eigenvalue weighted by atomic mass is 10.1. The molecule has 0 radical (unpaired) electrons. The standard InChI is InChI=1S/C20H17ClN2O/c21-16-10-8-14(9-11-16)13-15-5-3-4-12-23-18-7-2-1-6-17(18)20(24)22-19(15)23/h1-2,6-11,13H,3-5,12H2/b15-13+. The van der Waals surface area contributed by atoms with E-state index in [4.69, 9.17) is 11.6 Å². The van der Waals surface area contributed by atoms with Crippen LogP contribution in [0.5, 0.6) is 0 Å². The molecule has 2 aromatic carbocycles. The molecular formula is C20H17ClN2O. The summed E-state index contributed by atoms with van der Waals surface area (Å²) in [6, 6.07) is 15.5. The van der Waals surface area contributed by atoms with E-state index in [1.165, 1.54) is 0 Å². The Morgan fingerprint density at radius 2 is 1.83 bits per heavy atom. The Labute approximate surface area is 145 Å². The summed E-state index contributed by atoms with van der Waals surface area (Å²) in [5, 5.41) is 1.41. The first-order valence-corrected chi connectivity index (χ1v) is 8.56. The van der Waals surface area contributed by atoms with Gasteiger partial charge in [-0.3, -0.25) is 4.79 Å². The fourth-order valence-electron chi connectivity index (χ4n) is 3.29. The summed E-state index contributed by atoms with van der Waals surface area (Å²) >= 11 is 5.97. The zero-order chi connectivity index (χ0) is 16.5. The second-order valence-electron chi connectivity index (χ2n) is 6.09. The molecule has 0 spiro atoms. The number of hydrogen-bond donors (Lipinski definition) is 0. The van der Waals surface area contributed by atoms with Gasteiger partial charge in [-0.1, -0.05) is 35.9 Å². The zero-order valence-corrected chi connectivity index (χ0v) is 14.0. The van der Waals surface area contributed by atoms with Gasteiger partial charge in [0.25, 0.3) is 5.56 Å². The van der Waals surface area contributed by atoms with Crippen molar-refractivity contribution in [2.75, 3.05) is 0 Å². The van der Waals surface area contributed by atoms with Crippen molar-refractivity contribution in [2.45, 2.75) is 25.8 Å². The largest absolute Gasteiger partial charge is 0.325 e. The molecule has 0 unspecified atom stereocenters. The maximum Gasteiger partial charge on any atom is 0.281 e. The summed E-state index contributed by atoms with van der Waals surface area (Å²) < 4.78 is 2.19. The maximum atomic E-state index is 12.4. The fourth-order valence-corrected chi connectivity index (χ4v) is 3.41. The summed E-state index contributed by atoms with van der Waals surface area (Å²) in [7, 11) is 0. The highest BCUT2D eigenvalue weighted by Crippen LogP contribution is 2.28. The Hall–Kier alpha value is -2.39. The smallest absolute Gasteiger partial charge is 0.281 e. The van der Waals surface area contributed by atoms with Crippen molar-refractivity contribution >= 4 is 34.2 Å². The first-order chi connectivity index (χ1) is 11.7. The average Bonchev–Trinajstić information content (AvgIpc) is 2.80. The van der Waals surface area contributed by atoms with Crippen LogP contribution < -0.4 is 5.56 Å². The first-order valence-electron chi connectivity index (χ1n) is 8.18. The van der Waals surface area contributed by atoms with Crippen LogP contribution in [0.2, 0.25) is 5.02 Å². The second-order valence-corrected chi connectivity index (χ2v) is 6.52. The SMILES string of the molecule is O=c1nc2n(c3ccccc13)CCCC/C2=C\c1ccc(Cl)cc1. The molecule has 0 atom stereocenters. The van der Waals surface area contributed by atoms with Gasteiger partial charge >= 0.3 is 0 Å². The highest BCUT2D eigenvalue weighted by Gasteiger charge is 2.17. The van der Waals surface area contributed by atoms with Gasteiger partial charge in [-0.2, -0.15) is 4.98 Å². The van der Waals surface area contributed by atoms with E-state index in [9.17, 15) is 4.79 Å². The lowest BCUT2D eigenvalue weighted by molar-refractivity contribution is 0.642. The van der Waals surface area contributed by atoms with E-state index < -0.39 is 0 Å². The third kappa shape index (κ3) is 2.76. The third-order valence-corrected chi connectivity index (χ3v) is 4.72. The number of para-hydroxylation sites is 1. The highest BCUT2D eigenvalue weighted by molar-refractivity contribution is 6.30. The Bertz CT molecular complexity index is 987. The summed E-state index contributed by atoms with van der Waals surface area (Å²) in [5.41, 5.74) is 3.00. The minimum atomic E-state index is -0.152. The molecule has 1 aliphatic heterocycles. The Morgan fingerprint density at radius 3 is 2.67 bits per heavy atom. The number of benzene rings is 2. The summed E-state index contributed by atoms with van der Waals surface area (Å²) in [6.07, 6.45) is 5.22. The molecule has 3 aromatic rings. The number of hydrogen-bond acceptors (Lipinski definition) is 2. The number of fused-ring (bicyclic) bond motifs is 3. The fraction of sp³-hybridized carbons (Fsp3) is 0.200. The van der Waals surface area contributed by atoms with Crippen molar-refractivity contribution in [2.24, 2.45) is 0 Å². The summed E-state index contributed by atoms with van der Waals surface area (Å²) in [6.45, 7) is 0.890. The van der Waals surface area contributed by atoms with Crippen LogP contribution in [-0.2, 0) is 6.54 Å². The van der Waals surface area contributed by atoms with Gasteiger partial charge < -0.3 is 4.57 Å². The van der Waals surface area contributed by atoms with Crippen molar-refractivity contribution in [3.8, 4) is 0 Å². The van der Waals surface area contributed by atoms with E-state index in [1.807, 2.05) is 48.5 Å². The van der Waals surface area contributed by atoms with Crippen molar-refractivity contribution in [1.82, 2.24) is 9.55 Å². The Kier molecular flexibility index (Phi) is 3.95. The van der Waals surface area contributed by atoms with E-state index in [-0.39, 0.29) is 5.56 Å². The van der Waals surface area contributed by atoms with E-state index in [2.05, 4.69) is 15.6 Å². The molecule has 24 heavy (non-hydrogen) atoms. The van der Waals surface area contributed by atoms with Gasteiger partial charge in [0.05, 0.1) is 10.9 Å². The molecule has 2 heterocycles. The van der Waals surface area contributed by atoms with Crippen LogP contribution in [0.4, 0.5) is 0 Å². The minimum absolute atomic E-state index is 0.152. The van der Waals surface area contributed by atoms with Gasteiger partial charge in [0.2, 0.25) is 0 Å². The number of rotatable bonds is 1. The molecule has 4 heteroatoms. The minimum Gasteiger partial charge on any atom is -0.325 e. The van der Waals surface area contributed by atoms with Crippen LogP contribution in [0.25, 0.3) is 22.6 Å². The molecule has 0 saturated carbocycles. The van der Waals surface area contributed by atoms with Gasteiger partial charge in [-0.05, 0) is 60.7 Å². The van der Waals surface area contributed by atoms with Crippen LogP contribution in [0.1, 0.15) is 30.7 Å². The number of aromatic nitrogens is 2. The van der Waals surface area contributed by atoms with Crippen molar-refractivity contribution in [3.63, 3.8) is 0 Å². The lowest BCUT2D eigenvalue weighted by Gasteiger charge is -2.14. The molecule has 0 bridgehead atoms. The topological polar surface area (TPSA) is 34.9 Å². The monoisotopic (exact) mass is 336 g/mol.